The highest BCUT2D eigenvalue weighted by Gasteiger charge is 2.49. The molecular weight excluding hydrogens is 527 g/mol. The molecule has 1 atom stereocenters. The van der Waals surface area contributed by atoms with E-state index in [1.54, 1.807) is 43.3 Å². The van der Waals surface area contributed by atoms with Gasteiger partial charge in [0.2, 0.25) is 9.84 Å². The lowest BCUT2D eigenvalue weighted by atomic mass is 9.65. The highest BCUT2D eigenvalue weighted by molar-refractivity contribution is 7.95. The van der Waals surface area contributed by atoms with Crippen molar-refractivity contribution in [3.05, 3.63) is 75.1 Å². The largest absolute Gasteiger partial charge is 0.361 e. The summed E-state index contributed by atoms with van der Waals surface area (Å²) in [6, 6.07) is 13.6. The SMILES string of the molecule is CC(=O)[C@@H]1NC(C2(CC/C=C(/CCc3ccc(Cl)c(Cl)c3)S(=O)(=O)c3ccccc3)CCC2)=NC1(C)C. The first-order chi connectivity index (χ1) is 17.4. The molecule has 1 N–H and O–H groups in total. The first-order valence-electron chi connectivity index (χ1n) is 12.8. The highest BCUT2D eigenvalue weighted by atomic mass is 35.5. The number of nitrogens with one attached hydrogen (secondary N) is 1. The Kier molecular flexibility index (Phi) is 8.22. The quantitative estimate of drug-likeness (QED) is 0.340. The van der Waals surface area contributed by atoms with Crippen molar-refractivity contribution >= 4 is 44.7 Å². The Hall–Kier alpha value is -2.15. The molecule has 1 heterocycles. The second kappa shape index (κ2) is 10.9. The monoisotopic (exact) mass is 560 g/mol. The maximum atomic E-state index is 13.6. The van der Waals surface area contributed by atoms with Gasteiger partial charge < -0.3 is 5.32 Å². The van der Waals surface area contributed by atoms with Gasteiger partial charge in [-0.25, -0.2) is 8.42 Å². The molecule has 198 valence electrons. The maximum Gasteiger partial charge on any atom is 0.202 e. The fourth-order valence-electron chi connectivity index (χ4n) is 5.35. The van der Waals surface area contributed by atoms with Gasteiger partial charge in [0.1, 0.15) is 11.9 Å². The molecule has 4 rings (SSSR count). The molecule has 2 aliphatic rings. The smallest absolute Gasteiger partial charge is 0.202 e. The van der Waals surface area contributed by atoms with Gasteiger partial charge in [-0.1, -0.05) is 60.0 Å². The van der Waals surface area contributed by atoms with Gasteiger partial charge in [-0.3, -0.25) is 9.79 Å². The second-order valence-corrected chi connectivity index (χ2v) is 13.5. The Bertz CT molecular complexity index is 1330. The van der Waals surface area contributed by atoms with Crippen LogP contribution in [0.3, 0.4) is 0 Å². The number of aryl methyl sites for hydroxylation is 1. The van der Waals surface area contributed by atoms with E-state index >= 15 is 0 Å². The van der Waals surface area contributed by atoms with Crippen LogP contribution in [-0.2, 0) is 21.1 Å². The number of carbonyl (C=O) groups is 1. The summed E-state index contributed by atoms with van der Waals surface area (Å²) in [4.78, 5) is 17.8. The van der Waals surface area contributed by atoms with Crippen molar-refractivity contribution in [3.63, 3.8) is 0 Å². The lowest BCUT2D eigenvalue weighted by Gasteiger charge is -2.42. The van der Waals surface area contributed by atoms with Crippen LogP contribution in [0.25, 0.3) is 0 Å². The molecule has 0 spiro atoms. The molecule has 37 heavy (non-hydrogen) atoms. The summed E-state index contributed by atoms with van der Waals surface area (Å²) in [7, 11) is -3.64. The predicted molar refractivity (Wildman–Crippen MR) is 151 cm³/mol. The van der Waals surface area contributed by atoms with Gasteiger partial charge >= 0.3 is 0 Å². The third-order valence-electron chi connectivity index (χ3n) is 7.64. The number of rotatable bonds is 10. The van der Waals surface area contributed by atoms with Crippen molar-refractivity contribution in [2.75, 3.05) is 0 Å². The van der Waals surface area contributed by atoms with Crippen molar-refractivity contribution in [3.8, 4) is 0 Å². The summed E-state index contributed by atoms with van der Waals surface area (Å²) < 4.78 is 27.2. The van der Waals surface area contributed by atoms with Crippen LogP contribution >= 0.6 is 23.2 Å². The lowest BCUT2D eigenvalue weighted by molar-refractivity contribution is -0.119. The van der Waals surface area contributed by atoms with E-state index in [2.05, 4.69) is 5.32 Å². The number of hydrogen-bond acceptors (Lipinski definition) is 5. The Morgan fingerprint density at radius 1 is 1.11 bits per heavy atom. The number of aliphatic imine (C=N–C) groups is 1. The van der Waals surface area contributed by atoms with Gasteiger partial charge in [0, 0.05) is 10.3 Å². The van der Waals surface area contributed by atoms with Crippen LogP contribution in [0, 0.1) is 5.41 Å². The zero-order valence-electron chi connectivity index (χ0n) is 21.6. The van der Waals surface area contributed by atoms with E-state index in [4.69, 9.17) is 28.2 Å². The van der Waals surface area contributed by atoms with E-state index in [-0.39, 0.29) is 17.2 Å². The molecule has 0 amide bonds. The zero-order valence-corrected chi connectivity index (χ0v) is 23.9. The Morgan fingerprint density at radius 2 is 1.81 bits per heavy atom. The molecular formula is C29H34Cl2N2O3S. The van der Waals surface area contributed by atoms with Gasteiger partial charge in [-0.05, 0) is 89.1 Å². The normalized spacial score (nSPS) is 20.6. The van der Waals surface area contributed by atoms with Crippen LogP contribution in [0.4, 0.5) is 0 Å². The zero-order chi connectivity index (χ0) is 26.8. The molecule has 1 saturated carbocycles. The summed E-state index contributed by atoms with van der Waals surface area (Å²) in [6.07, 6.45) is 7.22. The molecule has 0 unspecified atom stereocenters. The van der Waals surface area contributed by atoms with Crippen molar-refractivity contribution in [2.24, 2.45) is 10.4 Å². The molecule has 0 saturated heterocycles. The Morgan fingerprint density at radius 3 is 2.38 bits per heavy atom. The topological polar surface area (TPSA) is 75.6 Å². The summed E-state index contributed by atoms with van der Waals surface area (Å²) in [5.74, 6) is 0.984. The summed E-state index contributed by atoms with van der Waals surface area (Å²) in [6.45, 7) is 5.57. The van der Waals surface area contributed by atoms with E-state index in [1.807, 2.05) is 32.1 Å². The highest BCUT2D eigenvalue weighted by Crippen LogP contribution is 2.48. The van der Waals surface area contributed by atoms with Gasteiger partial charge in [0.05, 0.1) is 20.5 Å². The van der Waals surface area contributed by atoms with Gasteiger partial charge in [-0.2, -0.15) is 0 Å². The van der Waals surface area contributed by atoms with Gasteiger partial charge in [0.25, 0.3) is 0 Å². The number of allylic oxidation sites excluding steroid dienone is 2. The third-order valence-corrected chi connectivity index (χ3v) is 10.3. The van der Waals surface area contributed by atoms with E-state index in [1.165, 1.54) is 0 Å². The van der Waals surface area contributed by atoms with Crippen LogP contribution in [0.5, 0.6) is 0 Å². The molecule has 2 aromatic rings. The van der Waals surface area contributed by atoms with Crippen molar-refractivity contribution in [1.82, 2.24) is 5.32 Å². The maximum absolute atomic E-state index is 13.6. The van der Waals surface area contributed by atoms with Crippen LogP contribution in [-0.4, -0.2) is 31.6 Å². The number of benzene rings is 2. The minimum absolute atomic E-state index is 0.0802. The molecule has 2 aromatic carbocycles. The number of Topliss-reactive ketones (excluding diaryl/α,β-unsaturated/α-hetero) is 1. The summed E-state index contributed by atoms with van der Waals surface area (Å²) >= 11 is 12.2. The molecule has 5 nitrogen and oxygen atoms in total. The van der Waals surface area contributed by atoms with Crippen LogP contribution in [0.2, 0.25) is 10.0 Å². The number of hydrogen-bond donors (Lipinski definition) is 1. The predicted octanol–water partition coefficient (Wildman–Crippen LogP) is 6.97. The first-order valence-corrected chi connectivity index (χ1v) is 15.0. The van der Waals surface area contributed by atoms with Crippen LogP contribution in [0.15, 0.2) is 69.4 Å². The fourth-order valence-corrected chi connectivity index (χ4v) is 7.19. The number of nitrogens with zero attached hydrogens (tertiary/aromatic N) is 1. The Balaban J connectivity index is 1.56. The number of carbonyl (C=O) groups excluding carboxylic acids is 1. The molecule has 0 aromatic heterocycles. The summed E-state index contributed by atoms with van der Waals surface area (Å²) in [5, 5.41) is 4.34. The van der Waals surface area contributed by atoms with E-state index in [9.17, 15) is 13.2 Å². The fraction of sp³-hybridized carbons (Fsp3) is 0.448. The van der Waals surface area contributed by atoms with Gasteiger partial charge in [-0.15, -0.1) is 0 Å². The molecule has 0 bridgehead atoms. The standard InChI is InChI=1S/C29H34Cl2N2O3S/c1-20(34)26-28(2,3)33-27(32-26)29(17-8-18-29)16-7-11-23(37(35,36)22-9-5-4-6-10-22)14-12-21-13-15-24(30)25(31)19-21/h4-6,9-11,13,15,19,26H,7-8,12,14,16-18H2,1-3H3,(H,32,33)/b23-11-/t26-/m0/s1. The van der Waals surface area contributed by atoms with E-state index in [0.29, 0.717) is 39.1 Å². The number of sulfone groups is 1. The number of ketones is 1. The minimum atomic E-state index is -3.64. The molecule has 8 heteroatoms. The van der Waals surface area contributed by atoms with Crippen molar-refractivity contribution in [1.29, 1.82) is 0 Å². The van der Waals surface area contributed by atoms with Crippen LogP contribution < -0.4 is 5.32 Å². The third kappa shape index (κ3) is 5.97. The first kappa shape index (κ1) is 27.9. The lowest BCUT2D eigenvalue weighted by Crippen LogP contribution is -2.50. The minimum Gasteiger partial charge on any atom is -0.361 e. The van der Waals surface area contributed by atoms with Gasteiger partial charge in [0.15, 0.2) is 5.78 Å². The Labute approximate surface area is 230 Å². The number of amidine groups is 1. The van der Waals surface area contributed by atoms with E-state index < -0.39 is 15.4 Å². The molecule has 1 aliphatic heterocycles. The second-order valence-electron chi connectivity index (χ2n) is 10.7. The van der Waals surface area contributed by atoms with E-state index in [0.717, 1.165) is 37.1 Å². The number of halogens is 2. The van der Waals surface area contributed by atoms with Crippen LogP contribution in [0.1, 0.15) is 64.9 Å². The average Bonchev–Trinajstić information content (AvgIpc) is 3.15. The van der Waals surface area contributed by atoms with Crippen molar-refractivity contribution in [2.45, 2.75) is 82.2 Å². The molecule has 1 aliphatic carbocycles. The average molecular weight is 562 g/mol. The van der Waals surface area contributed by atoms with Crippen molar-refractivity contribution < 1.29 is 13.2 Å². The molecule has 0 radical (unpaired) electrons. The summed E-state index contributed by atoms with van der Waals surface area (Å²) in [5.41, 5.74) is 0.311. The molecule has 1 fully saturated rings.